The van der Waals surface area contributed by atoms with E-state index in [1.165, 1.54) is 24.3 Å². The summed E-state index contributed by atoms with van der Waals surface area (Å²) in [4.78, 5) is 11.6. The van der Waals surface area contributed by atoms with Crippen LogP contribution in [0.4, 0.5) is 0 Å². The lowest BCUT2D eigenvalue weighted by Gasteiger charge is -2.27. The molecular formula is C12H16N2O4S. The Morgan fingerprint density at radius 1 is 1.37 bits per heavy atom. The molecule has 0 atom stereocenters. The maximum atomic E-state index is 12.0. The van der Waals surface area contributed by atoms with Gasteiger partial charge in [-0.05, 0) is 31.2 Å². The first-order chi connectivity index (χ1) is 9.03. The van der Waals surface area contributed by atoms with Gasteiger partial charge in [-0.2, -0.15) is 0 Å². The molecule has 19 heavy (non-hydrogen) atoms. The van der Waals surface area contributed by atoms with Crippen LogP contribution in [0.1, 0.15) is 17.3 Å². The molecule has 104 valence electrons. The molecule has 7 heteroatoms. The van der Waals surface area contributed by atoms with Crippen molar-refractivity contribution in [1.82, 2.24) is 10.0 Å². The van der Waals surface area contributed by atoms with E-state index >= 15 is 0 Å². The normalized spacial score (nSPS) is 15.8. The van der Waals surface area contributed by atoms with Crippen LogP contribution in [-0.2, 0) is 14.8 Å². The zero-order valence-electron chi connectivity index (χ0n) is 10.5. The minimum Gasteiger partial charge on any atom is -0.462 e. The Hall–Kier alpha value is -1.44. The SMILES string of the molecule is CCOC(=O)c1ccc(S(=O)(=O)NC2CNC2)cc1. The fraction of sp³-hybridized carbons (Fsp3) is 0.417. The highest BCUT2D eigenvalue weighted by molar-refractivity contribution is 7.89. The number of esters is 1. The molecule has 0 saturated carbocycles. The molecule has 0 radical (unpaired) electrons. The number of rotatable bonds is 5. The molecule has 1 saturated heterocycles. The Balaban J connectivity index is 2.10. The predicted molar refractivity (Wildman–Crippen MR) is 69.4 cm³/mol. The van der Waals surface area contributed by atoms with Gasteiger partial charge in [-0.15, -0.1) is 0 Å². The summed E-state index contributed by atoms with van der Waals surface area (Å²) < 4.78 is 31.4. The number of ether oxygens (including phenoxy) is 1. The second kappa shape index (κ2) is 5.68. The van der Waals surface area contributed by atoms with Gasteiger partial charge in [0, 0.05) is 19.1 Å². The lowest BCUT2D eigenvalue weighted by atomic mass is 10.2. The average Bonchev–Trinajstić information content (AvgIpc) is 2.35. The summed E-state index contributed by atoms with van der Waals surface area (Å²) in [7, 11) is -3.52. The second-order valence-corrected chi connectivity index (χ2v) is 5.94. The minimum absolute atomic E-state index is 0.0604. The van der Waals surface area contributed by atoms with Gasteiger partial charge >= 0.3 is 5.97 Å². The fourth-order valence-electron chi connectivity index (χ4n) is 1.64. The third kappa shape index (κ3) is 3.31. The first kappa shape index (κ1) is 14.0. The van der Waals surface area contributed by atoms with Crippen LogP contribution in [-0.4, -0.2) is 40.1 Å². The van der Waals surface area contributed by atoms with Gasteiger partial charge in [0.05, 0.1) is 17.1 Å². The molecule has 2 N–H and O–H groups in total. The number of carbonyl (C=O) groups is 1. The summed E-state index contributed by atoms with van der Waals surface area (Å²) in [5, 5.41) is 2.99. The van der Waals surface area contributed by atoms with Crippen molar-refractivity contribution >= 4 is 16.0 Å². The fourth-order valence-corrected chi connectivity index (χ4v) is 2.88. The van der Waals surface area contributed by atoms with Gasteiger partial charge in [0.1, 0.15) is 0 Å². The van der Waals surface area contributed by atoms with E-state index in [0.717, 1.165) is 0 Å². The van der Waals surface area contributed by atoms with Gasteiger partial charge in [-0.3, -0.25) is 0 Å². The van der Waals surface area contributed by atoms with Crippen LogP contribution in [0.5, 0.6) is 0 Å². The molecule has 0 unspecified atom stereocenters. The van der Waals surface area contributed by atoms with Crippen LogP contribution in [0.15, 0.2) is 29.2 Å². The van der Waals surface area contributed by atoms with Crippen LogP contribution in [0, 0.1) is 0 Å². The van der Waals surface area contributed by atoms with Crippen molar-refractivity contribution in [2.75, 3.05) is 19.7 Å². The Morgan fingerprint density at radius 3 is 2.47 bits per heavy atom. The predicted octanol–water partition coefficient (Wildman–Crippen LogP) is 0.113. The third-order valence-corrected chi connectivity index (χ3v) is 4.32. The largest absolute Gasteiger partial charge is 0.462 e. The number of hydrogen-bond donors (Lipinski definition) is 2. The monoisotopic (exact) mass is 284 g/mol. The first-order valence-electron chi connectivity index (χ1n) is 6.03. The van der Waals surface area contributed by atoms with E-state index in [2.05, 4.69) is 10.0 Å². The molecule has 1 aromatic rings. The number of sulfonamides is 1. The van der Waals surface area contributed by atoms with Crippen molar-refractivity contribution in [3.63, 3.8) is 0 Å². The maximum absolute atomic E-state index is 12.0. The first-order valence-corrected chi connectivity index (χ1v) is 7.51. The lowest BCUT2D eigenvalue weighted by Crippen LogP contribution is -2.56. The zero-order valence-corrected chi connectivity index (χ0v) is 11.4. The van der Waals surface area contributed by atoms with E-state index < -0.39 is 16.0 Å². The maximum Gasteiger partial charge on any atom is 0.338 e. The molecule has 1 aromatic carbocycles. The molecule has 1 fully saturated rings. The van der Waals surface area contributed by atoms with Gasteiger partial charge in [0.2, 0.25) is 10.0 Å². The molecule has 1 heterocycles. The number of benzene rings is 1. The zero-order chi connectivity index (χ0) is 13.9. The van der Waals surface area contributed by atoms with Gasteiger partial charge in [0.15, 0.2) is 0 Å². The molecule has 0 bridgehead atoms. The lowest BCUT2D eigenvalue weighted by molar-refractivity contribution is 0.0526. The Kier molecular flexibility index (Phi) is 4.18. The second-order valence-electron chi connectivity index (χ2n) is 4.22. The van der Waals surface area contributed by atoms with Crippen molar-refractivity contribution in [1.29, 1.82) is 0 Å². The van der Waals surface area contributed by atoms with Crippen molar-refractivity contribution in [3.05, 3.63) is 29.8 Å². The van der Waals surface area contributed by atoms with Gasteiger partial charge in [-0.25, -0.2) is 17.9 Å². The van der Waals surface area contributed by atoms with E-state index in [-0.39, 0.29) is 17.5 Å². The van der Waals surface area contributed by atoms with Crippen LogP contribution in [0.3, 0.4) is 0 Å². The number of nitrogens with one attached hydrogen (secondary N) is 2. The summed E-state index contributed by atoms with van der Waals surface area (Å²) >= 11 is 0. The summed E-state index contributed by atoms with van der Waals surface area (Å²) in [6.45, 7) is 3.28. The molecule has 0 amide bonds. The van der Waals surface area contributed by atoms with Crippen LogP contribution < -0.4 is 10.0 Å². The highest BCUT2D eigenvalue weighted by Gasteiger charge is 2.24. The van der Waals surface area contributed by atoms with Gasteiger partial charge < -0.3 is 10.1 Å². The van der Waals surface area contributed by atoms with Crippen LogP contribution in [0.25, 0.3) is 0 Å². The highest BCUT2D eigenvalue weighted by atomic mass is 32.2. The molecule has 0 spiro atoms. The molecule has 6 nitrogen and oxygen atoms in total. The quantitative estimate of drug-likeness (QED) is 0.750. The molecule has 2 rings (SSSR count). The van der Waals surface area contributed by atoms with E-state index in [1.807, 2.05) is 0 Å². The topological polar surface area (TPSA) is 84.5 Å². The van der Waals surface area contributed by atoms with E-state index in [9.17, 15) is 13.2 Å². The molecule has 1 aliphatic rings. The summed E-state index contributed by atoms with van der Waals surface area (Å²) in [5.41, 5.74) is 0.339. The number of hydrogen-bond acceptors (Lipinski definition) is 5. The van der Waals surface area contributed by atoms with E-state index in [4.69, 9.17) is 4.74 Å². The Morgan fingerprint density at radius 2 is 2.00 bits per heavy atom. The molecule has 1 aliphatic heterocycles. The molecular weight excluding hydrogens is 268 g/mol. The van der Waals surface area contributed by atoms with Crippen molar-refractivity contribution in [3.8, 4) is 0 Å². The summed E-state index contributed by atoms with van der Waals surface area (Å²) in [5.74, 6) is -0.456. The van der Waals surface area contributed by atoms with E-state index in [0.29, 0.717) is 18.7 Å². The summed E-state index contributed by atoms with van der Waals surface area (Å²) in [6, 6.07) is 5.65. The van der Waals surface area contributed by atoms with E-state index in [1.54, 1.807) is 6.92 Å². The third-order valence-electron chi connectivity index (χ3n) is 2.78. The van der Waals surface area contributed by atoms with Crippen LogP contribution in [0.2, 0.25) is 0 Å². The average molecular weight is 284 g/mol. The van der Waals surface area contributed by atoms with Gasteiger partial charge in [-0.1, -0.05) is 0 Å². The minimum atomic E-state index is -3.52. The van der Waals surface area contributed by atoms with Crippen LogP contribution >= 0.6 is 0 Å². The Labute approximate surface area is 112 Å². The van der Waals surface area contributed by atoms with Gasteiger partial charge in [0.25, 0.3) is 0 Å². The Bertz CT molecular complexity index is 550. The standard InChI is InChI=1S/C12H16N2O4S/c1-2-18-12(15)9-3-5-11(6-4-9)19(16,17)14-10-7-13-8-10/h3-6,10,13-14H,2,7-8H2,1H3. The van der Waals surface area contributed by atoms with Crippen molar-refractivity contribution < 1.29 is 17.9 Å². The summed E-state index contributed by atoms with van der Waals surface area (Å²) in [6.07, 6.45) is 0. The smallest absolute Gasteiger partial charge is 0.338 e. The molecule has 0 aromatic heterocycles. The molecule has 0 aliphatic carbocycles. The number of carbonyl (C=O) groups excluding carboxylic acids is 1. The highest BCUT2D eigenvalue weighted by Crippen LogP contribution is 2.12. The van der Waals surface area contributed by atoms with Crippen molar-refractivity contribution in [2.45, 2.75) is 17.9 Å². The van der Waals surface area contributed by atoms with Crippen molar-refractivity contribution in [2.24, 2.45) is 0 Å².